The standard InChI is InChI=1S/C11H16N4O3S2/c1-15-5-4-7(11(15)16)13-10-8(9(12)14-19-10)20(17,18)6-2-3-6/h6-7,13H,2-5H2,1H3,(H2,12,14). The zero-order valence-electron chi connectivity index (χ0n) is 11.0. The molecule has 1 unspecified atom stereocenters. The summed E-state index contributed by atoms with van der Waals surface area (Å²) in [7, 11) is -1.69. The minimum Gasteiger partial charge on any atom is -0.382 e. The number of hydrogen-bond acceptors (Lipinski definition) is 7. The lowest BCUT2D eigenvalue weighted by atomic mass is 10.2. The molecule has 2 heterocycles. The largest absolute Gasteiger partial charge is 0.382 e. The van der Waals surface area contributed by atoms with Gasteiger partial charge in [-0.25, -0.2) is 8.42 Å². The minimum atomic E-state index is -3.42. The molecular weight excluding hydrogens is 300 g/mol. The van der Waals surface area contributed by atoms with E-state index in [4.69, 9.17) is 5.73 Å². The predicted octanol–water partition coefficient (Wildman–Crippen LogP) is 0.304. The van der Waals surface area contributed by atoms with Gasteiger partial charge in [-0.15, -0.1) is 0 Å². The third-order valence-electron chi connectivity index (χ3n) is 3.65. The number of amides is 1. The fourth-order valence-electron chi connectivity index (χ4n) is 2.32. The summed E-state index contributed by atoms with van der Waals surface area (Å²) in [6, 6.07) is -0.395. The zero-order chi connectivity index (χ0) is 14.5. The molecule has 20 heavy (non-hydrogen) atoms. The topological polar surface area (TPSA) is 105 Å². The van der Waals surface area contributed by atoms with E-state index in [1.54, 1.807) is 11.9 Å². The molecule has 110 valence electrons. The summed E-state index contributed by atoms with van der Waals surface area (Å²) < 4.78 is 28.7. The monoisotopic (exact) mass is 316 g/mol. The van der Waals surface area contributed by atoms with Gasteiger partial charge in [-0.3, -0.25) is 4.79 Å². The lowest BCUT2D eigenvalue weighted by Gasteiger charge is -2.13. The molecule has 7 nitrogen and oxygen atoms in total. The van der Waals surface area contributed by atoms with Crippen molar-refractivity contribution in [2.75, 3.05) is 24.6 Å². The van der Waals surface area contributed by atoms with Gasteiger partial charge in [-0.2, -0.15) is 4.37 Å². The Morgan fingerprint density at radius 1 is 1.40 bits per heavy atom. The van der Waals surface area contributed by atoms with Gasteiger partial charge in [0.15, 0.2) is 15.7 Å². The Morgan fingerprint density at radius 2 is 2.10 bits per heavy atom. The SMILES string of the molecule is CN1CCC(Nc2snc(N)c2S(=O)(=O)C2CC2)C1=O. The van der Waals surface area contributed by atoms with Crippen LogP contribution in [0.4, 0.5) is 10.8 Å². The van der Waals surface area contributed by atoms with Crippen LogP contribution in [0.2, 0.25) is 0 Å². The second-order valence-electron chi connectivity index (χ2n) is 5.22. The highest BCUT2D eigenvalue weighted by Gasteiger charge is 2.41. The van der Waals surface area contributed by atoms with Crippen molar-refractivity contribution in [2.45, 2.75) is 35.4 Å². The van der Waals surface area contributed by atoms with Crippen LogP contribution in [0.15, 0.2) is 4.90 Å². The number of nitrogens with two attached hydrogens (primary N) is 1. The van der Waals surface area contributed by atoms with Gasteiger partial charge in [-0.05, 0) is 30.8 Å². The van der Waals surface area contributed by atoms with E-state index in [9.17, 15) is 13.2 Å². The molecule has 1 aliphatic carbocycles. The van der Waals surface area contributed by atoms with Crippen molar-refractivity contribution in [3.8, 4) is 0 Å². The Kier molecular flexibility index (Phi) is 3.13. The van der Waals surface area contributed by atoms with Crippen LogP contribution in [0, 0.1) is 0 Å². The van der Waals surface area contributed by atoms with Crippen molar-refractivity contribution >= 4 is 38.1 Å². The molecule has 2 fully saturated rings. The molecule has 1 aromatic rings. The summed E-state index contributed by atoms with van der Waals surface area (Å²) in [5.41, 5.74) is 5.71. The number of rotatable bonds is 4. The molecule has 3 N–H and O–H groups in total. The van der Waals surface area contributed by atoms with Gasteiger partial charge in [0.25, 0.3) is 0 Å². The van der Waals surface area contributed by atoms with Crippen LogP contribution in [-0.4, -0.2) is 48.5 Å². The number of nitrogens with one attached hydrogen (secondary N) is 1. The van der Waals surface area contributed by atoms with E-state index in [1.165, 1.54) is 0 Å². The van der Waals surface area contributed by atoms with Gasteiger partial charge >= 0.3 is 0 Å². The average molecular weight is 316 g/mol. The average Bonchev–Trinajstić information content (AvgIpc) is 3.13. The Hall–Kier alpha value is -1.35. The Morgan fingerprint density at radius 3 is 2.65 bits per heavy atom. The normalized spacial score (nSPS) is 23.4. The van der Waals surface area contributed by atoms with Crippen molar-refractivity contribution in [3.05, 3.63) is 0 Å². The third kappa shape index (κ3) is 2.14. The first kappa shape index (κ1) is 13.6. The summed E-state index contributed by atoms with van der Waals surface area (Å²) >= 11 is 1.00. The number of carbonyl (C=O) groups excluding carboxylic acids is 1. The first-order valence-corrected chi connectivity index (χ1v) is 8.74. The molecule has 1 aliphatic heterocycles. The molecule has 9 heteroatoms. The van der Waals surface area contributed by atoms with E-state index in [0.29, 0.717) is 30.8 Å². The fraction of sp³-hybridized carbons (Fsp3) is 0.636. The quantitative estimate of drug-likeness (QED) is 0.828. The molecule has 1 amide bonds. The summed E-state index contributed by atoms with van der Waals surface area (Å²) in [4.78, 5) is 13.6. The smallest absolute Gasteiger partial charge is 0.244 e. The summed E-state index contributed by atoms with van der Waals surface area (Å²) in [5.74, 6) is -0.00468. The second kappa shape index (κ2) is 4.59. The molecule has 3 rings (SSSR count). The van der Waals surface area contributed by atoms with E-state index < -0.39 is 15.9 Å². The highest BCUT2D eigenvalue weighted by molar-refractivity contribution is 7.92. The first-order chi connectivity index (χ1) is 9.41. The number of nitrogens with zero attached hydrogens (tertiary/aromatic N) is 2. The molecule has 0 bridgehead atoms. The van der Waals surface area contributed by atoms with Crippen molar-refractivity contribution in [1.82, 2.24) is 9.27 Å². The van der Waals surface area contributed by atoms with Crippen LogP contribution in [-0.2, 0) is 14.6 Å². The number of aromatic nitrogens is 1. The molecule has 1 atom stereocenters. The lowest BCUT2D eigenvalue weighted by Crippen LogP contribution is -2.31. The maximum atomic E-state index is 12.4. The maximum Gasteiger partial charge on any atom is 0.244 e. The number of carbonyl (C=O) groups is 1. The Balaban J connectivity index is 1.90. The summed E-state index contributed by atoms with van der Waals surface area (Å²) in [6.45, 7) is 0.662. The van der Waals surface area contributed by atoms with Gasteiger partial charge in [0, 0.05) is 13.6 Å². The number of likely N-dealkylation sites (N-methyl/N-ethyl adjacent to an activating group) is 1. The van der Waals surface area contributed by atoms with Crippen LogP contribution in [0.25, 0.3) is 0 Å². The highest BCUT2D eigenvalue weighted by atomic mass is 32.2. The van der Waals surface area contributed by atoms with Crippen molar-refractivity contribution in [2.24, 2.45) is 0 Å². The van der Waals surface area contributed by atoms with Crippen LogP contribution in [0.5, 0.6) is 0 Å². The molecule has 1 saturated carbocycles. The minimum absolute atomic E-state index is 0.0307. The lowest BCUT2D eigenvalue weighted by molar-refractivity contribution is -0.127. The number of sulfone groups is 1. The van der Waals surface area contributed by atoms with Crippen LogP contribution in [0.3, 0.4) is 0 Å². The number of anilines is 2. The molecule has 0 radical (unpaired) electrons. The van der Waals surface area contributed by atoms with E-state index in [0.717, 1.165) is 11.5 Å². The first-order valence-electron chi connectivity index (χ1n) is 6.42. The molecule has 1 aromatic heterocycles. The molecular formula is C11H16N4O3S2. The van der Waals surface area contributed by atoms with Crippen molar-refractivity contribution < 1.29 is 13.2 Å². The number of nitrogen functional groups attached to an aromatic ring is 1. The van der Waals surface area contributed by atoms with Crippen molar-refractivity contribution in [1.29, 1.82) is 0 Å². The van der Waals surface area contributed by atoms with Gasteiger partial charge < -0.3 is 16.0 Å². The molecule has 0 spiro atoms. The van der Waals surface area contributed by atoms with E-state index >= 15 is 0 Å². The molecule has 0 aromatic carbocycles. The Labute approximate surface area is 121 Å². The van der Waals surface area contributed by atoms with Gasteiger partial charge in [0.1, 0.15) is 15.9 Å². The Bertz CT molecular complexity index is 651. The van der Waals surface area contributed by atoms with E-state index in [2.05, 4.69) is 9.69 Å². The third-order valence-corrected chi connectivity index (χ3v) is 6.91. The fourth-order valence-corrected chi connectivity index (χ4v) is 5.25. The molecule has 2 aliphatic rings. The van der Waals surface area contributed by atoms with Crippen molar-refractivity contribution in [3.63, 3.8) is 0 Å². The van der Waals surface area contributed by atoms with Gasteiger partial charge in [0.2, 0.25) is 5.91 Å². The van der Waals surface area contributed by atoms with E-state index in [1.807, 2.05) is 0 Å². The highest BCUT2D eigenvalue weighted by Crippen LogP contribution is 2.41. The number of likely N-dealkylation sites (tertiary alicyclic amines) is 1. The van der Waals surface area contributed by atoms with Gasteiger partial charge in [-0.1, -0.05) is 0 Å². The zero-order valence-corrected chi connectivity index (χ0v) is 12.6. The summed E-state index contributed by atoms with van der Waals surface area (Å²) in [5, 5.41) is 3.05. The maximum absolute atomic E-state index is 12.4. The number of hydrogen-bond donors (Lipinski definition) is 2. The molecule has 1 saturated heterocycles. The second-order valence-corrected chi connectivity index (χ2v) is 8.15. The van der Waals surface area contributed by atoms with Crippen LogP contribution in [0.1, 0.15) is 19.3 Å². The van der Waals surface area contributed by atoms with Crippen LogP contribution >= 0.6 is 11.5 Å². The summed E-state index contributed by atoms with van der Waals surface area (Å²) in [6.07, 6.45) is 1.99. The van der Waals surface area contributed by atoms with E-state index in [-0.39, 0.29) is 21.9 Å². The predicted molar refractivity (Wildman–Crippen MR) is 76.4 cm³/mol. The van der Waals surface area contributed by atoms with Gasteiger partial charge in [0.05, 0.1) is 5.25 Å². The van der Waals surface area contributed by atoms with Crippen LogP contribution < -0.4 is 11.1 Å².